The van der Waals surface area contributed by atoms with E-state index in [0.29, 0.717) is 18.6 Å². The van der Waals surface area contributed by atoms with Crippen LogP contribution in [0, 0.1) is 5.92 Å². The summed E-state index contributed by atoms with van der Waals surface area (Å²) in [5, 5.41) is 6.51. The number of hydrogen-bond acceptors (Lipinski definition) is 2. The van der Waals surface area contributed by atoms with Crippen molar-refractivity contribution in [3.63, 3.8) is 0 Å². The van der Waals surface area contributed by atoms with Crippen LogP contribution in [0.3, 0.4) is 0 Å². The van der Waals surface area contributed by atoms with Crippen LogP contribution in [0.4, 0.5) is 0 Å². The lowest BCUT2D eigenvalue weighted by atomic mass is 9.83. The second-order valence-electron chi connectivity index (χ2n) is 5.70. The minimum Gasteiger partial charge on any atom is -0.353 e. The van der Waals surface area contributed by atoms with Gasteiger partial charge in [-0.1, -0.05) is 39.5 Å². The maximum atomic E-state index is 11.8. The summed E-state index contributed by atoms with van der Waals surface area (Å²) in [6.07, 6.45) is 8.63. The highest BCUT2D eigenvalue weighted by atomic mass is 16.1. The van der Waals surface area contributed by atoms with E-state index in [0.717, 1.165) is 18.8 Å². The summed E-state index contributed by atoms with van der Waals surface area (Å²) >= 11 is 0. The Balaban J connectivity index is 2.24. The summed E-state index contributed by atoms with van der Waals surface area (Å²) in [7, 11) is 0. The zero-order valence-corrected chi connectivity index (χ0v) is 12.3. The molecule has 1 aliphatic carbocycles. The number of carbonyl (C=O) groups is 1. The summed E-state index contributed by atoms with van der Waals surface area (Å²) < 4.78 is 0. The average molecular weight is 254 g/mol. The van der Waals surface area contributed by atoms with Crippen LogP contribution in [-0.2, 0) is 4.79 Å². The number of nitrogens with one attached hydrogen (secondary N) is 2. The van der Waals surface area contributed by atoms with E-state index in [1.807, 2.05) is 0 Å². The van der Waals surface area contributed by atoms with E-state index < -0.39 is 0 Å². The molecule has 3 heteroatoms. The Morgan fingerprint density at radius 1 is 1.28 bits per heavy atom. The van der Waals surface area contributed by atoms with E-state index >= 15 is 0 Å². The number of carbonyl (C=O) groups excluding carboxylic acids is 1. The second kappa shape index (κ2) is 8.52. The zero-order chi connectivity index (χ0) is 13.4. The highest BCUT2D eigenvalue weighted by Gasteiger charge is 2.23. The Kier molecular flexibility index (Phi) is 7.33. The lowest BCUT2D eigenvalue weighted by Crippen LogP contribution is -2.45. The van der Waals surface area contributed by atoms with Crippen LogP contribution in [0.1, 0.15) is 65.7 Å². The van der Waals surface area contributed by atoms with Gasteiger partial charge in [0.05, 0.1) is 6.54 Å². The van der Waals surface area contributed by atoms with Crippen molar-refractivity contribution in [2.75, 3.05) is 6.54 Å². The normalized spacial score (nSPS) is 25.7. The third kappa shape index (κ3) is 5.38. The highest BCUT2D eigenvalue weighted by Crippen LogP contribution is 2.26. The largest absolute Gasteiger partial charge is 0.353 e. The lowest BCUT2D eigenvalue weighted by molar-refractivity contribution is -0.121. The maximum Gasteiger partial charge on any atom is 0.234 e. The zero-order valence-electron chi connectivity index (χ0n) is 12.3. The molecule has 0 aromatic rings. The van der Waals surface area contributed by atoms with Crippen molar-refractivity contribution in [1.29, 1.82) is 0 Å². The van der Waals surface area contributed by atoms with E-state index in [2.05, 4.69) is 31.4 Å². The molecular formula is C15H30N2O. The Morgan fingerprint density at radius 3 is 2.67 bits per heavy atom. The van der Waals surface area contributed by atoms with Gasteiger partial charge in [-0.05, 0) is 32.1 Å². The molecule has 0 bridgehead atoms. The van der Waals surface area contributed by atoms with E-state index in [9.17, 15) is 4.79 Å². The van der Waals surface area contributed by atoms with Gasteiger partial charge in [-0.15, -0.1) is 0 Å². The topological polar surface area (TPSA) is 41.1 Å². The van der Waals surface area contributed by atoms with Crippen LogP contribution >= 0.6 is 0 Å². The molecule has 1 rings (SSSR count). The van der Waals surface area contributed by atoms with Crippen LogP contribution in [0.2, 0.25) is 0 Å². The molecule has 0 aromatic carbocycles. The summed E-state index contributed by atoms with van der Waals surface area (Å²) in [5.74, 6) is 0.913. The molecule has 1 amide bonds. The van der Waals surface area contributed by atoms with Gasteiger partial charge in [0, 0.05) is 12.1 Å². The van der Waals surface area contributed by atoms with Gasteiger partial charge in [0.2, 0.25) is 5.91 Å². The molecule has 1 aliphatic rings. The predicted molar refractivity (Wildman–Crippen MR) is 76.6 cm³/mol. The van der Waals surface area contributed by atoms with Gasteiger partial charge < -0.3 is 10.6 Å². The molecule has 2 N–H and O–H groups in total. The molecule has 1 fully saturated rings. The molecule has 3 nitrogen and oxygen atoms in total. The monoisotopic (exact) mass is 254 g/mol. The Morgan fingerprint density at radius 2 is 2.00 bits per heavy atom. The minimum absolute atomic E-state index is 0.149. The van der Waals surface area contributed by atoms with E-state index in [1.54, 1.807) is 0 Å². The van der Waals surface area contributed by atoms with Crippen molar-refractivity contribution < 1.29 is 4.79 Å². The minimum atomic E-state index is 0.149. The van der Waals surface area contributed by atoms with Gasteiger partial charge >= 0.3 is 0 Å². The van der Waals surface area contributed by atoms with Crippen LogP contribution in [0.25, 0.3) is 0 Å². The smallest absolute Gasteiger partial charge is 0.234 e. The van der Waals surface area contributed by atoms with Crippen molar-refractivity contribution in [2.24, 2.45) is 5.92 Å². The quantitative estimate of drug-likeness (QED) is 0.733. The molecule has 0 aromatic heterocycles. The standard InChI is InChI=1S/C15H30N2O/c1-4-8-12(3)17-15(18)11-16-14-10-7-6-9-13(14)5-2/h12-14,16H,4-11H2,1-3H3,(H,17,18). The van der Waals surface area contributed by atoms with Crippen LogP contribution in [0.5, 0.6) is 0 Å². The molecule has 0 spiro atoms. The predicted octanol–water partition coefficient (Wildman–Crippen LogP) is 2.85. The van der Waals surface area contributed by atoms with Gasteiger partial charge in [-0.25, -0.2) is 0 Å². The Labute approximate surface area is 112 Å². The van der Waals surface area contributed by atoms with Crippen molar-refractivity contribution >= 4 is 5.91 Å². The summed E-state index contributed by atoms with van der Waals surface area (Å²) in [5.41, 5.74) is 0. The van der Waals surface area contributed by atoms with Crippen LogP contribution in [0.15, 0.2) is 0 Å². The number of rotatable bonds is 7. The fourth-order valence-electron chi connectivity index (χ4n) is 3.02. The Hall–Kier alpha value is -0.570. The fourth-order valence-corrected chi connectivity index (χ4v) is 3.02. The summed E-state index contributed by atoms with van der Waals surface area (Å²) in [6, 6.07) is 0.855. The lowest BCUT2D eigenvalue weighted by Gasteiger charge is -2.31. The first kappa shape index (κ1) is 15.5. The van der Waals surface area contributed by atoms with Crippen LogP contribution in [-0.4, -0.2) is 24.5 Å². The van der Waals surface area contributed by atoms with Crippen LogP contribution < -0.4 is 10.6 Å². The molecule has 0 heterocycles. The molecular weight excluding hydrogens is 224 g/mol. The molecule has 1 saturated carbocycles. The average Bonchev–Trinajstić information content (AvgIpc) is 2.37. The van der Waals surface area contributed by atoms with Crippen molar-refractivity contribution in [3.8, 4) is 0 Å². The van der Waals surface area contributed by atoms with E-state index in [1.165, 1.54) is 32.1 Å². The molecule has 0 radical (unpaired) electrons. The molecule has 18 heavy (non-hydrogen) atoms. The van der Waals surface area contributed by atoms with Gasteiger partial charge in [-0.2, -0.15) is 0 Å². The first-order valence-corrected chi connectivity index (χ1v) is 7.70. The molecule has 0 aliphatic heterocycles. The SMILES string of the molecule is CCCC(C)NC(=O)CNC1CCCCC1CC. The van der Waals surface area contributed by atoms with Crippen molar-refractivity contribution in [1.82, 2.24) is 10.6 Å². The molecule has 0 saturated heterocycles. The van der Waals surface area contributed by atoms with Crippen molar-refractivity contribution in [3.05, 3.63) is 0 Å². The van der Waals surface area contributed by atoms with E-state index in [-0.39, 0.29) is 5.91 Å². The van der Waals surface area contributed by atoms with E-state index in [4.69, 9.17) is 0 Å². The molecule has 106 valence electrons. The van der Waals surface area contributed by atoms with Crippen molar-refractivity contribution in [2.45, 2.75) is 77.8 Å². The van der Waals surface area contributed by atoms with Gasteiger partial charge in [0.15, 0.2) is 0 Å². The summed E-state index contributed by atoms with van der Waals surface area (Å²) in [6.45, 7) is 6.97. The van der Waals surface area contributed by atoms with Gasteiger partial charge in [-0.3, -0.25) is 4.79 Å². The maximum absolute atomic E-state index is 11.8. The Bertz CT molecular complexity index is 243. The second-order valence-corrected chi connectivity index (χ2v) is 5.70. The molecule has 3 unspecified atom stereocenters. The highest BCUT2D eigenvalue weighted by molar-refractivity contribution is 5.78. The van der Waals surface area contributed by atoms with Gasteiger partial charge in [0.1, 0.15) is 0 Å². The summed E-state index contributed by atoms with van der Waals surface area (Å²) in [4.78, 5) is 11.8. The number of amides is 1. The first-order valence-electron chi connectivity index (χ1n) is 7.70. The van der Waals surface area contributed by atoms with Gasteiger partial charge in [0.25, 0.3) is 0 Å². The molecule has 3 atom stereocenters. The fraction of sp³-hybridized carbons (Fsp3) is 0.933. The number of hydrogen-bond donors (Lipinski definition) is 2. The third-order valence-corrected chi connectivity index (χ3v) is 4.09. The first-order chi connectivity index (χ1) is 8.67. The third-order valence-electron chi connectivity index (χ3n) is 4.09.